The van der Waals surface area contributed by atoms with Crippen LogP contribution in [-0.2, 0) is 6.18 Å². The van der Waals surface area contributed by atoms with Gasteiger partial charge in [0.25, 0.3) is 5.91 Å². The zero-order chi connectivity index (χ0) is 24.6. The van der Waals surface area contributed by atoms with E-state index in [4.69, 9.17) is 16.3 Å². The van der Waals surface area contributed by atoms with E-state index < -0.39 is 11.7 Å². The van der Waals surface area contributed by atoms with E-state index in [1.807, 2.05) is 48.7 Å². The highest BCUT2D eigenvalue weighted by Crippen LogP contribution is 2.34. The lowest BCUT2D eigenvalue weighted by Crippen LogP contribution is -2.49. The van der Waals surface area contributed by atoms with E-state index in [9.17, 15) is 18.0 Å². The molecule has 0 radical (unpaired) electrons. The van der Waals surface area contributed by atoms with Gasteiger partial charge in [0.1, 0.15) is 11.6 Å². The van der Waals surface area contributed by atoms with E-state index in [2.05, 4.69) is 4.98 Å². The number of amides is 1. The number of pyridine rings is 1. The molecule has 1 aliphatic rings. The van der Waals surface area contributed by atoms with Crippen LogP contribution in [0.5, 0.6) is 5.75 Å². The molecule has 1 amide bonds. The topological polar surface area (TPSA) is 50.6 Å². The highest BCUT2D eigenvalue weighted by molar-refractivity contribution is 6.33. The Bertz CT molecular complexity index is 1200. The molecule has 1 fully saturated rings. The molecular formula is C24H24ClF3N4O2. The van der Waals surface area contributed by atoms with Crippen molar-refractivity contribution in [2.75, 3.05) is 38.2 Å². The maximum absolute atomic E-state index is 13.3. The number of piperazine rings is 1. The minimum absolute atomic E-state index is 0.0577. The van der Waals surface area contributed by atoms with E-state index in [0.29, 0.717) is 37.6 Å². The molecule has 6 nitrogen and oxygen atoms in total. The van der Waals surface area contributed by atoms with Crippen molar-refractivity contribution in [3.05, 3.63) is 70.1 Å². The molecule has 34 heavy (non-hydrogen) atoms. The number of methoxy groups -OCH3 is 1. The lowest BCUT2D eigenvalue weighted by Gasteiger charge is -2.35. The molecular weight excluding hydrogens is 469 g/mol. The van der Waals surface area contributed by atoms with Crippen LogP contribution < -0.4 is 9.64 Å². The van der Waals surface area contributed by atoms with Crippen LogP contribution in [0.4, 0.5) is 19.0 Å². The van der Waals surface area contributed by atoms with Crippen LogP contribution in [0.2, 0.25) is 5.02 Å². The van der Waals surface area contributed by atoms with Gasteiger partial charge in [-0.2, -0.15) is 13.2 Å². The van der Waals surface area contributed by atoms with Crippen molar-refractivity contribution in [2.45, 2.75) is 20.0 Å². The van der Waals surface area contributed by atoms with E-state index in [1.165, 1.54) is 0 Å². The van der Waals surface area contributed by atoms with Crippen molar-refractivity contribution in [3.63, 3.8) is 0 Å². The fraction of sp³-hybridized carbons (Fsp3) is 0.333. The van der Waals surface area contributed by atoms with E-state index in [1.54, 1.807) is 16.9 Å². The summed E-state index contributed by atoms with van der Waals surface area (Å²) in [5.41, 5.74) is 2.44. The van der Waals surface area contributed by atoms with Crippen LogP contribution >= 0.6 is 11.6 Å². The first-order valence-electron chi connectivity index (χ1n) is 10.7. The number of aromatic nitrogens is 2. The van der Waals surface area contributed by atoms with Crippen molar-refractivity contribution in [3.8, 4) is 11.4 Å². The highest BCUT2D eigenvalue weighted by atomic mass is 35.5. The Hall–Kier alpha value is -3.20. The first-order chi connectivity index (χ1) is 16.1. The monoisotopic (exact) mass is 492 g/mol. The number of anilines is 1. The van der Waals surface area contributed by atoms with Gasteiger partial charge in [0.2, 0.25) is 0 Å². The second-order valence-corrected chi connectivity index (χ2v) is 8.53. The molecule has 0 spiro atoms. The maximum Gasteiger partial charge on any atom is 0.417 e. The van der Waals surface area contributed by atoms with E-state index in [-0.39, 0.29) is 10.9 Å². The van der Waals surface area contributed by atoms with Crippen molar-refractivity contribution in [1.29, 1.82) is 0 Å². The van der Waals surface area contributed by atoms with Crippen molar-refractivity contribution >= 4 is 23.3 Å². The second-order valence-electron chi connectivity index (χ2n) is 8.12. The molecule has 1 aromatic carbocycles. The Morgan fingerprint density at radius 2 is 1.71 bits per heavy atom. The first-order valence-corrected chi connectivity index (χ1v) is 11.1. The smallest absolute Gasteiger partial charge is 0.417 e. The average Bonchev–Trinajstić information content (AvgIpc) is 3.12. The number of rotatable bonds is 4. The minimum Gasteiger partial charge on any atom is -0.497 e. The Balaban J connectivity index is 1.48. The predicted molar refractivity (Wildman–Crippen MR) is 124 cm³/mol. The third-order valence-corrected chi connectivity index (χ3v) is 6.29. The predicted octanol–water partition coefficient (Wildman–Crippen LogP) is 5.13. The molecule has 2 aromatic heterocycles. The molecule has 0 bridgehead atoms. The number of carbonyl (C=O) groups is 1. The summed E-state index contributed by atoms with van der Waals surface area (Å²) in [6.45, 7) is 5.51. The van der Waals surface area contributed by atoms with Gasteiger partial charge in [-0.1, -0.05) is 11.6 Å². The van der Waals surface area contributed by atoms with Gasteiger partial charge < -0.3 is 19.1 Å². The zero-order valence-corrected chi connectivity index (χ0v) is 19.7. The van der Waals surface area contributed by atoms with Crippen LogP contribution in [0.1, 0.15) is 27.3 Å². The molecule has 1 aliphatic heterocycles. The normalized spacial score (nSPS) is 14.4. The number of aryl methyl sites for hydroxylation is 1. The number of alkyl halides is 3. The highest BCUT2D eigenvalue weighted by Gasteiger charge is 2.33. The van der Waals surface area contributed by atoms with Crippen molar-refractivity contribution in [2.24, 2.45) is 0 Å². The Morgan fingerprint density at radius 1 is 1.06 bits per heavy atom. The SMILES string of the molecule is COc1ccc(-n2c(C)cc(C(=O)N3CCN(c4ncc(C(F)(F)F)cc4Cl)CC3)c2C)cc1. The number of hydrogen-bond acceptors (Lipinski definition) is 4. The fourth-order valence-corrected chi connectivity index (χ4v) is 4.50. The summed E-state index contributed by atoms with van der Waals surface area (Å²) in [7, 11) is 1.61. The molecule has 0 unspecified atom stereocenters. The maximum atomic E-state index is 13.3. The quantitative estimate of drug-likeness (QED) is 0.506. The van der Waals surface area contributed by atoms with Gasteiger partial charge in [-0.3, -0.25) is 4.79 Å². The van der Waals surface area contributed by atoms with Gasteiger partial charge in [-0.05, 0) is 50.2 Å². The van der Waals surface area contributed by atoms with Gasteiger partial charge >= 0.3 is 6.18 Å². The lowest BCUT2D eigenvalue weighted by atomic mass is 10.2. The van der Waals surface area contributed by atoms with Gasteiger partial charge in [-0.25, -0.2) is 4.98 Å². The number of hydrogen-bond donors (Lipinski definition) is 0. The van der Waals surface area contributed by atoms with Gasteiger partial charge in [0, 0.05) is 49.5 Å². The third-order valence-electron chi connectivity index (χ3n) is 6.01. The Morgan fingerprint density at radius 3 is 2.26 bits per heavy atom. The standard InChI is InChI=1S/C24H24ClF3N4O2/c1-15-12-20(16(2)32(15)18-4-6-19(34-3)7-5-18)23(33)31-10-8-30(9-11-31)22-21(25)13-17(14-29-22)24(26,27)28/h4-7,12-14H,8-11H2,1-3H3. The molecule has 1 saturated heterocycles. The average molecular weight is 493 g/mol. The van der Waals surface area contributed by atoms with E-state index in [0.717, 1.165) is 35.1 Å². The summed E-state index contributed by atoms with van der Waals surface area (Å²) in [6, 6.07) is 10.4. The molecule has 180 valence electrons. The summed E-state index contributed by atoms with van der Waals surface area (Å²) >= 11 is 6.09. The Labute approximate surface area is 200 Å². The van der Waals surface area contributed by atoms with Crippen LogP contribution in [0.3, 0.4) is 0 Å². The second kappa shape index (κ2) is 9.21. The molecule has 0 atom stereocenters. The number of nitrogens with zero attached hydrogens (tertiary/aromatic N) is 4. The number of carbonyl (C=O) groups excluding carboxylic acids is 1. The van der Waals surface area contributed by atoms with Crippen LogP contribution in [0, 0.1) is 13.8 Å². The van der Waals surface area contributed by atoms with Crippen LogP contribution in [0.25, 0.3) is 5.69 Å². The number of halogens is 4. The molecule has 4 rings (SSSR count). The third kappa shape index (κ3) is 4.57. The summed E-state index contributed by atoms with van der Waals surface area (Å²) in [4.78, 5) is 20.8. The summed E-state index contributed by atoms with van der Waals surface area (Å²) in [5, 5.41) is -0.0577. The van der Waals surface area contributed by atoms with Gasteiger partial charge in [0.05, 0.1) is 23.3 Å². The van der Waals surface area contributed by atoms with Gasteiger partial charge in [0.15, 0.2) is 0 Å². The summed E-state index contributed by atoms with van der Waals surface area (Å²) in [6.07, 6.45) is -3.72. The molecule has 0 saturated carbocycles. The molecule has 3 aromatic rings. The zero-order valence-electron chi connectivity index (χ0n) is 19.0. The summed E-state index contributed by atoms with van der Waals surface area (Å²) in [5.74, 6) is 0.960. The molecule has 0 N–H and O–H groups in total. The van der Waals surface area contributed by atoms with Crippen molar-refractivity contribution in [1.82, 2.24) is 14.5 Å². The number of ether oxygens (including phenoxy) is 1. The lowest BCUT2D eigenvalue weighted by molar-refractivity contribution is -0.137. The van der Waals surface area contributed by atoms with Crippen LogP contribution in [0.15, 0.2) is 42.6 Å². The first kappa shape index (κ1) is 23.9. The fourth-order valence-electron chi connectivity index (χ4n) is 4.22. The molecule has 10 heteroatoms. The minimum atomic E-state index is -4.50. The van der Waals surface area contributed by atoms with E-state index >= 15 is 0 Å². The van der Waals surface area contributed by atoms with Crippen LogP contribution in [-0.4, -0.2) is 53.6 Å². The van der Waals surface area contributed by atoms with Crippen molar-refractivity contribution < 1.29 is 22.7 Å². The summed E-state index contributed by atoms with van der Waals surface area (Å²) < 4.78 is 45.9. The van der Waals surface area contributed by atoms with Gasteiger partial charge in [-0.15, -0.1) is 0 Å². The number of benzene rings is 1. The molecule has 0 aliphatic carbocycles. The Kier molecular flexibility index (Phi) is 6.49. The molecule has 3 heterocycles. The largest absolute Gasteiger partial charge is 0.497 e.